The molecule has 0 aromatic heterocycles. The van der Waals surface area contributed by atoms with E-state index in [4.69, 9.17) is 5.73 Å². The third-order valence-electron chi connectivity index (χ3n) is 4.40. The van der Waals surface area contributed by atoms with Gasteiger partial charge in [0.15, 0.2) is 0 Å². The van der Waals surface area contributed by atoms with E-state index in [0.29, 0.717) is 17.9 Å². The molecular weight excluding hydrogens is 250 g/mol. The Bertz CT molecular complexity index is 296. The van der Waals surface area contributed by atoms with Crippen molar-refractivity contribution in [1.82, 2.24) is 9.80 Å². The van der Waals surface area contributed by atoms with Crippen LogP contribution in [-0.2, 0) is 4.79 Å². The number of carbonyl (C=O) groups excluding carboxylic acids is 1. The molecule has 0 radical (unpaired) electrons. The second kappa shape index (κ2) is 7.99. The largest absolute Gasteiger partial charge is 0.341 e. The van der Waals surface area contributed by atoms with Gasteiger partial charge in [0.25, 0.3) is 0 Å². The summed E-state index contributed by atoms with van der Waals surface area (Å²) in [7, 11) is 2.18. The summed E-state index contributed by atoms with van der Waals surface area (Å²) in [6.45, 7) is 11.6. The molecule has 1 amide bonds. The Labute approximate surface area is 124 Å². The van der Waals surface area contributed by atoms with Crippen LogP contribution < -0.4 is 5.73 Å². The minimum Gasteiger partial charge on any atom is -0.341 e. The molecule has 1 rings (SSSR count). The third kappa shape index (κ3) is 5.41. The second-order valence-corrected chi connectivity index (χ2v) is 7.04. The first-order valence-electron chi connectivity index (χ1n) is 8.05. The Hall–Kier alpha value is -0.610. The van der Waals surface area contributed by atoms with E-state index in [-0.39, 0.29) is 11.9 Å². The van der Waals surface area contributed by atoms with Gasteiger partial charge in [-0.3, -0.25) is 4.79 Å². The van der Waals surface area contributed by atoms with Crippen molar-refractivity contribution >= 4 is 5.91 Å². The molecule has 0 saturated carbocycles. The maximum Gasteiger partial charge on any atom is 0.239 e. The molecule has 0 spiro atoms. The van der Waals surface area contributed by atoms with Gasteiger partial charge in [-0.2, -0.15) is 0 Å². The molecule has 0 aliphatic carbocycles. The number of nitrogens with zero attached hydrogens (tertiary/aromatic N) is 2. The molecule has 1 saturated heterocycles. The van der Waals surface area contributed by atoms with Crippen LogP contribution in [-0.4, -0.2) is 54.5 Å². The molecule has 2 N–H and O–H groups in total. The van der Waals surface area contributed by atoms with E-state index < -0.39 is 0 Å². The molecule has 118 valence electrons. The summed E-state index contributed by atoms with van der Waals surface area (Å²) in [5.74, 6) is 1.34. The van der Waals surface area contributed by atoms with Crippen LogP contribution in [0.3, 0.4) is 0 Å². The number of nitrogens with two attached hydrogens (primary N) is 1. The molecular formula is C16H33N3O. The Kier molecular flexibility index (Phi) is 6.96. The van der Waals surface area contributed by atoms with Crippen LogP contribution in [0.1, 0.15) is 47.0 Å². The highest BCUT2D eigenvalue weighted by Gasteiger charge is 2.27. The van der Waals surface area contributed by atoms with E-state index in [9.17, 15) is 4.79 Å². The van der Waals surface area contributed by atoms with Crippen LogP contribution in [0.25, 0.3) is 0 Å². The summed E-state index contributed by atoms with van der Waals surface area (Å²) in [6, 6.07) is 0.277. The quantitative estimate of drug-likeness (QED) is 0.810. The van der Waals surface area contributed by atoms with Crippen molar-refractivity contribution in [3.05, 3.63) is 0 Å². The number of rotatable bonds is 6. The van der Waals surface area contributed by atoms with E-state index >= 15 is 0 Å². The fourth-order valence-corrected chi connectivity index (χ4v) is 2.80. The molecule has 4 nitrogen and oxygen atoms in total. The van der Waals surface area contributed by atoms with Crippen molar-refractivity contribution in [3.8, 4) is 0 Å². The van der Waals surface area contributed by atoms with Crippen molar-refractivity contribution < 1.29 is 4.79 Å². The number of piperidine rings is 1. The molecule has 1 unspecified atom stereocenters. The molecule has 0 aromatic carbocycles. The molecule has 20 heavy (non-hydrogen) atoms. The SMILES string of the molecule is CC(C)CC(N)C(=O)N1CCC(CN(C)C(C)C)CC1. The van der Waals surface area contributed by atoms with Gasteiger partial charge in [-0.1, -0.05) is 13.8 Å². The van der Waals surface area contributed by atoms with Crippen LogP contribution in [0.5, 0.6) is 0 Å². The Morgan fingerprint density at radius 1 is 1.25 bits per heavy atom. The minimum atomic E-state index is -0.315. The minimum absolute atomic E-state index is 0.148. The van der Waals surface area contributed by atoms with Crippen molar-refractivity contribution in [2.45, 2.75) is 59.0 Å². The van der Waals surface area contributed by atoms with Crippen molar-refractivity contribution in [1.29, 1.82) is 0 Å². The van der Waals surface area contributed by atoms with Gasteiger partial charge in [0.05, 0.1) is 6.04 Å². The zero-order valence-electron chi connectivity index (χ0n) is 13.9. The molecule has 1 heterocycles. The number of hydrogen-bond donors (Lipinski definition) is 1. The van der Waals surface area contributed by atoms with Gasteiger partial charge in [0.1, 0.15) is 0 Å². The van der Waals surface area contributed by atoms with E-state index in [2.05, 4.69) is 39.6 Å². The van der Waals surface area contributed by atoms with Gasteiger partial charge >= 0.3 is 0 Å². The van der Waals surface area contributed by atoms with E-state index in [1.807, 2.05) is 4.90 Å². The molecule has 0 bridgehead atoms. The summed E-state index contributed by atoms with van der Waals surface area (Å²) in [4.78, 5) is 16.6. The van der Waals surface area contributed by atoms with Crippen molar-refractivity contribution in [3.63, 3.8) is 0 Å². The zero-order valence-corrected chi connectivity index (χ0v) is 13.9. The molecule has 1 fully saturated rings. The highest BCUT2D eigenvalue weighted by Crippen LogP contribution is 2.20. The van der Waals surface area contributed by atoms with Gasteiger partial charge in [-0.15, -0.1) is 0 Å². The van der Waals surface area contributed by atoms with E-state index in [1.165, 1.54) is 0 Å². The predicted molar refractivity (Wildman–Crippen MR) is 84.5 cm³/mol. The van der Waals surface area contributed by atoms with Gasteiger partial charge < -0.3 is 15.5 Å². The van der Waals surface area contributed by atoms with Crippen LogP contribution >= 0.6 is 0 Å². The summed E-state index contributed by atoms with van der Waals surface area (Å²) in [6.07, 6.45) is 3.00. The molecule has 1 atom stereocenters. The number of likely N-dealkylation sites (tertiary alicyclic amines) is 1. The van der Waals surface area contributed by atoms with Crippen LogP contribution in [0.15, 0.2) is 0 Å². The van der Waals surface area contributed by atoms with E-state index in [1.54, 1.807) is 0 Å². The van der Waals surface area contributed by atoms with Crippen molar-refractivity contribution in [2.24, 2.45) is 17.6 Å². The summed E-state index contributed by atoms with van der Waals surface area (Å²) >= 11 is 0. The van der Waals surface area contributed by atoms with Crippen LogP contribution in [0.2, 0.25) is 0 Å². The summed E-state index contributed by atoms with van der Waals surface area (Å²) in [5.41, 5.74) is 6.00. The standard InChI is InChI=1S/C16H33N3O/c1-12(2)10-15(17)16(20)19-8-6-14(7-9-19)11-18(5)13(3)4/h12-15H,6-11,17H2,1-5H3. The Morgan fingerprint density at radius 3 is 2.25 bits per heavy atom. The van der Waals surface area contributed by atoms with Gasteiger partial charge in [-0.05, 0) is 52.0 Å². The van der Waals surface area contributed by atoms with Crippen LogP contribution in [0.4, 0.5) is 0 Å². The van der Waals surface area contributed by atoms with E-state index in [0.717, 1.165) is 38.9 Å². The first-order valence-corrected chi connectivity index (χ1v) is 8.05. The smallest absolute Gasteiger partial charge is 0.239 e. The summed E-state index contributed by atoms with van der Waals surface area (Å²) in [5, 5.41) is 0. The average Bonchev–Trinajstić information content (AvgIpc) is 2.37. The predicted octanol–water partition coefficient (Wildman–Crippen LogP) is 1.94. The Balaban J connectivity index is 2.36. The van der Waals surface area contributed by atoms with Crippen molar-refractivity contribution in [2.75, 3.05) is 26.7 Å². The van der Waals surface area contributed by atoms with Gasteiger partial charge in [-0.25, -0.2) is 0 Å². The lowest BCUT2D eigenvalue weighted by Crippen LogP contribution is -2.48. The lowest BCUT2D eigenvalue weighted by molar-refractivity contribution is -0.134. The molecule has 1 aliphatic rings. The first kappa shape index (κ1) is 17.4. The maximum atomic E-state index is 12.3. The normalized spacial score (nSPS) is 19.1. The zero-order chi connectivity index (χ0) is 15.3. The lowest BCUT2D eigenvalue weighted by Gasteiger charge is -2.36. The number of hydrogen-bond acceptors (Lipinski definition) is 3. The fourth-order valence-electron chi connectivity index (χ4n) is 2.80. The monoisotopic (exact) mass is 283 g/mol. The summed E-state index contributed by atoms with van der Waals surface area (Å²) < 4.78 is 0. The molecule has 0 aromatic rings. The molecule has 4 heteroatoms. The first-order chi connectivity index (χ1) is 9.31. The lowest BCUT2D eigenvalue weighted by atomic mass is 9.94. The number of carbonyl (C=O) groups is 1. The van der Waals surface area contributed by atoms with Gasteiger partial charge in [0.2, 0.25) is 5.91 Å². The average molecular weight is 283 g/mol. The fraction of sp³-hybridized carbons (Fsp3) is 0.938. The van der Waals surface area contributed by atoms with Gasteiger partial charge in [0, 0.05) is 25.7 Å². The van der Waals surface area contributed by atoms with Crippen LogP contribution in [0, 0.1) is 11.8 Å². The Morgan fingerprint density at radius 2 is 1.80 bits per heavy atom. The second-order valence-electron chi connectivity index (χ2n) is 7.04. The highest BCUT2D eigenvalue weighted by atomic mass is 16.2. The third-order valence-corrected chi connectivity index (χ3v) is 4.40. The number of amides is 1. The highest BCUT2D eigenvalue weighted by molar-refractivity contribution is 5.81. The maximum absolute atomic E-state index is 12.3. The topological polar surface area (TPSA) is 49.6 Å². The molecule has 1 aliphatic heterocycles.